The summed E-state index contributed by atoms with van der Waals surface area (Å²) in [4.78, 5) is 25.5. The number of aromatic nitrogens is 2. The normalized spacial score (nSPS) is 20.6. The van der Waals surface area contributed by atoms with Crippen LogP contribution >= 0.6 is 0 Å². The molecule has 0 aliphatic carbocycles. The standard InChI is InChI=1S/C18H23N3O4/c1-3-13-4-5-16(25-13)15-10-12(2)6-9-21(15)17(22)11-20-8-7-14(19-20)18(23)24/h4-5,7-8,12,15H,3,6,9-11H2,1-2H3,(H,23,24)/t12-,15-/m0/s1. The fraction of sp³-hybridized carbons (Fsp3) is 0.500. The highest BCUT2D eigenvalue weighted by Crippen LogP contribution is 2.35. The summed E-state index contributed by atoms with van der Waals surface area (Å²) >= 11 is 0. The second kappa shape index (κ2) is 7.13. The van der Waals surface area contributed by atoms with E-state index in [-0.39, 0.29) is 24.2 Å². The molecule has 2 atom stereocenters. The molecule has 1 N–H and O–H groups in total. The van der Waals surface area contributed by atoms with Crippen molar-refractivity contribution in [3.63, 3.8) is 0 Å². The van der Waals surface area contributed by atoms with Crippen LogP contribution < -0.4 is 0 Å². The number of rotatable bonds is 5. The van der Waals surface area contributed by atoms with Gasteiger partial charge >= 0.3 is 5.97 Å². The maximum atomic E-state index is 12.8. The molecule has 7 nitrogen and oxygen atoms in total. The molecule has 134 valence electrons. The van der Waals surface area contributed by atoms with Crippen molar-refractivity contribution in [3.8, 4) is 0 Å². The van der Waals surface area contributed by atoms with Gasteiger partial charge < -0.3 is 14.4 Å². The molecule has 0 unspecified atom stereocenters. The molecule has 2 aromatic heterocycles. The van der Waals surface area contributed by atoms with Crippen molar-refractivity contribution in [2.75, 3.05) is 6.54 Å². The molecule has 2 aromatic rings. The summed E-state index contributed by atoms with van der Waals surface area (Å²) in [5.41, 5.74) is -0.0600. The second-order valence-corrected chi connectivity index (χ2v) is 6.59. The Morgan fingerprint density at radius 1 is 1.36 bits per heavy atom. The van der Waals surface area contributed by atoms with Crippen LogP contribution in [0.3, 0.4) is 0 Å². The van der Waals surface area contributed by atoms with Gasteiger partial charge in [-0.1, -0.05) is 13.8 Å². The molecule has 1 fully saturated rings. The number of aryl methyl sites for hydroxylation is 1. The molecule has 1 saturated heterocycles. The first-order valence-corrected chi connectivity index (χ1v) is 8.62. The van der Waals surface area contributed by atoms with E-state index in [9.17, 15) is 9.59 Å². The van der Waals surface area contributed by atoms with Crippen molar-refractivity contribution in [1.82, 2.24) is 14.7 Å². The van der Waals surface area contributed by atoms with E-state index in [0.717, 1.165) is 30.8 Å². The Kier molecular flexibility index (Phi) is 4.92. The number of hydrogen-bond acceptors (Lipinski definition) is 4. The minimum absolute atomic E-state index is 0.0273. The van der Waals surface area contributed by atoms with Crippen molar-refractivity contribution in [1.29, 1.82) is 0 Å². The van der Waals surface area contributed by atoms with E-state index < -0.39 is 5.97 Å². The van der Waals surface area contributed by atoms with Crippen LogP contribution in [-0.4, -0.2) is 38.2 Å². The molecule has 7 heteroatoms. The zero-order valence-corrected chi connectivity index (χ0v) is 14.5. The first-order chi connectivity index (χ1) is 12.0. The van der Waals surface area contributed by atoms with E-state index in [2.05, 4.69) is 12.0 Å². The number of likely N-dealkylation sites (tertiary alicyclic amines) is 1. The topological polar surface area (TPSA) is 88.6 Å². The van der Waals surface area contributed by atoms with Gasteiger partial charge in [-0.2, -0.15) is 5.10 Å². The highest BCUT2D eigenvalue weighted by Gasteiger charge is 2.33. The zero-order valence-electron chi connectivity index (χ0n) is 14.5. The Hall–Kier alpha value is -2.57. The summed E-state index contributed by atoms with van der Waals surface area (Å²) < 4.78 is 7.27. The molecule has 25 heavy (non-hydrogen) atoms. The third-order valence-corrected chi connectivity index (χ3v) is 4.70. The number of piperidine rings is 1. The first-order valence-electron chi connectivity index (χ1n) is 8.62. The van der Waals surface area contributed by atoms with E-state index in [4.69, 9.17) is 9.52 Å². The lowest BCUT2D eigenvalue weighted by Gasteiger charge is -2.37. The zero-order chi connectivity index (χ0) is 18.0. The fourth-order valence-corrected chi connectivity index (χ4v) is 3.27. The molecule has 0 bridgehead atoms. The second-order valence-electron chi connectivity index (χ2n) is 6.59. The maximum absolute atomic E-state index is 12.8. The van der Waals surface area contributed by atoms with Gasteiger partial charge in [0.05, 0.1) is 6.04 Å². The molecule has 3 heterocycles. The van der Waals surface area contributed by atoms with Gasteiger partial charge in [-0.05, 0) is 37.0 Å². The smallest absolute Gasteiger partial charge is 0.356 e. The van der Waals surface area contributed by atoms with Crippen LogP contribution in [0, 0.1) is 5.92 Å². The predicted molar refractivity (Wildman–Crippen MR) is 90.1 cm³/mol. The number of hydrogen-bond donors (Lipinski definition) is 1. The Labute approximate surface area is 146 Å². The van der Waals surface area contributed by atoms with Crippen LogP contribution in [0.25, 0.3) is 0 Å². The summed E-state index contributed by atoms with van der Waals surface area (Å²) in [6.45, 7) is 4.91. The van der Waals surface area contributed by atoms with Gasteiger partial charge in [0.1, 0.15) is 18.1 Å². The van der Waals surface area contributed by atoms with Gasteiger partial charge in [0, 0.05) is 19.2 Å². The van der Waals surface area contributed by atoms with Crippen molar-refractivity contribution in [3.05, 3.63) is 41.6 Å². The first kappa shape index (κ1) is 17.3. The Morgan fingerprint density at radius 3 is 2.80 bits per heavy atom. The van der Waals surface area contributed by atoms with Crippen molar-refractivity contribution in [2.45, 2.75) is 45.7 Å². The minimum Gasteiger partial charge on any atom is -0.476 e. The van der Waals surface area contributed by atoms with Crippen LogP contribution in [0.5, 0.6) is 0 Å². The molecule has 1 aliphatic rings. The molecule has 0 radical (unpaired) electrons. The third kappa shape index (κ3) is 3.75. The van der Waals surface area contributed by atoms with E-state index >= 15 is 0 Å². The largest absolute Gasteiger partial charge is 0.476 e. The number of aromatic carboxylic acids is 1. The van der Waals surface area contributed by atoms with Gasteiger partial charge in [-0.25, -0.2) is 4.79 Å². The number of carbonyl (C=O) groups is 2. The highest BCUT2D eigenvalue weighted by molar-refractivity contribution is 5.85. The van der Waals surface area contributed by atoms with Crippen molar-refractivity contribution >= 4 is 11.9 Å². The Bertz CT molecular complexity index is 764. The van der Waals surface area contributed by atoms with Gasteiger partial charge in [0.25, 0.3) is 0 Å². The molecule has 0 spiro atoms. The Balaban J connectivity index is 1.76. The van der Waals surface area contributed by atoms with Gasteiger partial charge in [-0.3, -0.25) is 9.48 Å². The molecule has 1 aliphatic heterocycles. The van der Waals surface area contributed by atoms with Gasteiger partial charge in [0.2, 0.25) is 5.91 Å². The van der Waals surface area contributed by atoms with E-state index in [1.165, 1.54) is 16.9 Å². The lowest BCUT2D eigenvalue weighted by atomic mass is 9.91. The monoisotopic (exact) mass is 345 g/mol. The molecular weight excluding hydrogens is 322 g/mol. The summed E-state index contributed by atoms with van der Waals surface area (Å²) in [6.07, 6.45) is 4.15. The lowest BCUT2D eigenvalue weighted by Crippen LogP contribution is -2.42. The number of carboxylic acids is 1. The average Bonchev–Trinajstić information content (AvgIpc) is 3.23. The van der Waals surface area contributed by atoms with Crippen molar-refractivity contribution in [2.24, 2.45) is 5.92 Å². The van der Waals surface area contributed by atoms with Crippen LogP contribution in [0.4, 0.5) is 0 Å². The maximum Gasteiger partial charge on any atom is 0.356 e. The van der Waals surface area contributed by atoms with Gasteiger partial charge in [0.15, 0.2) is 5.69 Å². The summed E-state index contributed by atoms with van der Waals surface area (Å²) in [6, 6.07) is 5.24. The lowest BCUT2D eigenvalue weighted by molar-refractivity contribution is -0.137. The molecular formula is C18H23N3O4. The third-order valence-electron chi connectivity index (χ3n) is 4.70. The SMILES string of the molecule is CCc1ccc([C@@H]2C[C@@H](C)CCN2C(=O)Cn2ccc(C(=O)O)n2)o1. The number of carbonyl (C=O) groups excluding carboxylic acids is 1. The van der Waals surface area contributed by atoms with E-state index in [1.807, 2.05) is 24.0 Å². The van der Waals surface area contributed by atoms with Gasteiger partial charge in [-0.15, -0.1) is 0 Å². The highest BCUT2D eigenvalue weighted by atomic mass is 16.4. The quantitative estimate of drug-likeness (QED) is 0.900. The molecule has 1 amide bonds. The van der Waals surface area contributed by atoms with Crippen LogP contribution in [0.15, 0.2) is 28.8 Å². The summed E-state index contributed by atoms with van der Waals surface area (Å²) in [5.74, 6) is 1.08. The number of furan rings is 1. The molecule has 0 saturated carbocycles. The van der Waals surface area contributed by atoms with E-state index in [0.29, 0.717) is 12.5 Å². The Morgan fingerprint density at radius 2 is 2.16 bits per heavy atom. The molecule has 0 aromatic carbocycles. The fourth-order valence-electron chi connectivity index (χ4n) is 3.27. The average molecular weight is 345 g/mol. The minimum atomic E-state index is -1.10. The molecule has 3 rings (SSSR count). The number of carboxylic acid groups (broad SMARTS) is 1. The van der Waals surface area contributed by atoms with E-state index in [1.54, 1.807) is 0 Å². The predicted octanol–water partition coefficient (Wildman–Crippen LogP) is 2.74. The van der Waals surface area contributed by atoms with Crippen molar-refractivity contribution < 1.29 is 19.1 Å². The van der Waals surface area contributed by atoms with Crippen LogP contribution in [0.1, 0.15) is 54.7 Å². The van der Waals surface area contributed by atoms with Crippen LogP contribution in [0.2, 0.25) is 0 Å². The number of amides is 1. The summed E-state index contributed by atoms with van der Waals surface area (Å²) in [5, 5.41) is 12.9. The summed E-state index contributed by atoms with van der Waals surface area (Å²) in [7, 11) is 0. The number of nitrogens with zero attached hydrogens (tertiary/aromatic N) is 3. The van der Waals surface area contributed by atoms with Crippen LogP contribution in [-0.2, 0) is 17.8 Å².